The summed E-state index contributed by atoms with van der Waals surface area (Å²) in [5.41, 5.74) is 2.61. The number of hydrogen-bond acceptors (Lipinski definition) is 0. The Balaban J connectivity index is 3.98. The maximum absolute atomic E-state index is 3.88. The Kier molecular flexibility index (Phi) is 4.12. The van der Waals surface area contributed by atoms with Crippen LogP contribution in [0.3, 0.4) is 0 Å². The summed E-state index contributed by atoms with van der Waals surface area (Å²) in [7, 11) is 0. The minimum atomic E-state index is 1.11. The fraction of sp³-hybridized carbons (Fsp3) is 0.556. The quantitative estimate of drug-likeness (QED) is 0.506. The molecule has 0 aliphatic rings. The van der Waals surface area contributed by atoms with Crippen LogP contribution in [-0.2, 0) is 0 Å². The van der Waals surface area contributed by atoms with Crippen molar-refractivity contribution in [2.24, 2.45) is 0 Å². The first-order chi connectivity index (χ1) is 4.22. The predicted molar refractivity (Wildman–Crippen MR) is 43.5 cm³/mol. The zero-order valence-corrected chi connectivity index (χ0v) is 6.70. The first kappa shape index (κ1) is 8.48. The van der Waals surface area contributed by atoms with Crippen LogP contribution in [0.15, 0.2) is 23.8 Å². The van der Waals surface area contributed by atoms with Crippen molar-refractivity contribution < 1.29 is 0 Å². The van der Waals surface area contributed by atoms with Gasteiger partial charge in [-0.2, -0.15) is 0 Å². The van der Waals surface area contributed by atoms with E-state index in [0.29, 0.717) is 0 Å². The van der Waals surface area contributed by atoms with E-state index >= 15 is 0 Å². The van der Waals surface area contributed by atoms with Gasteiger partial charge in [-0.25, -0.2) is 0 Å². The highest BCUT2D eigenvalue weighted by Gasteiger charge is 1.90. The number of allylic oxidation sites excluding steroid dienone is 3. The van der Waals surface area contributed by atoms with E-state index in [1.165, 1.54) is 11.1 Å². The minimum Gasteiger partial charge on any atom is -0.0958 e. The highest BCUT2D eigenvalue weighted by molar-refractivity contribution is 5.25. The van der Waals surface area contributed by atoms with E-state index in [1.807, 2.05) is 0 Å². The van der Waals surface area contributed by atoms with Crippen LogP contribution in [-0.4, -0.2) is 0 Å². The van der Waals surface area contributed by atoms with E-state index in [1.54, 1.807) is 0 Å². The van der Waals surface area contributed by atoms with Gasteiger partial charge in [-0.15, -0.1) is 0 Å². The van der Waals surface area contributed by atoms with Crippen LogP contribution in [0.25, 0.3) is 0 Å². The van der Waals surface area contributed by atoms with Crippen LogP contribution in [0.2, 0.25) is 0 Å². The van der Waals surface area contributed by atoms with Crippen LogP contribution in [0.4, 0.5) is 0 Å². The molecule has 0 rings (SSSR count). The third-order valence-electron chi connectivity index (χ3n) is 1.38. The summed E-state index contributed by atoms with van der Waals surface area (Å²) in [5.74, 6) is 0. The van der Waals surface area contributed by atoms with E-state index < -0.39 is 0 Å². The Morgan fingerprint density at radius 2 is 2.00 bits per heavy atom. The zero-order valence-electron chi connectivity index (χ0n) is 6.70. The van der Waals surface area contributed by atoms with Crippen molar-refractivity contribution >= 4 is 0 Å². The molecule has 0 atom stereocenters. The highest BCUT2D eigenvalue weighted by atomic mass is 14.0. The summed E-state index contributed by atoms with van der Waals surface area (Å²) in [6.45, 7) is 10.3. The molecule has 0 aliphatic carbocycles. The lowest BCUT2D eigenvalue weighted by Gasteiger charge is -2.00. The van der Waals surface area contributed by atoms with Gasteiger partial charge in [0.25, 0.3) is 0 Å². The van der Waals surface area contributed by atoms with Gasteiger partial charge in [-0.05, 0) is 25.3 Å². The maximum Gasteiger partial charge on any atom is -0.0308 e. The summed E-state index contributed by atoms with van der Waals surface area (Å²) in [6.07, 6.45) is 4.47. The van der Waals surface area contributed by atoms with Crippen molar-refractivity contribution in [2.45, 2.75) is 33.6 Å². The van der Waals surface area contributed by atoms with Gasteiger partial charge in [0.05, 0.1) is 0 Å². The van der Waals surface area contributed by atoms with Crippen molar-refractivity contribution in [1.29, 1.82) is 0 Å². The SMILES string of the molecule is C=C(C)/C(=C\CC)CC. The third-order valence-corrected chi connectivity index (χ3v) is 1.38. The van der Waals surface area contributed by atoms with E-state index in [-0.39, 0.29) is 0 Å². The van der Waals surface area contributed by atoms with Crippen LogP contribution < -0.4 is 0 Å². The molecule has 0 unspecified atom stereocenters. The molecule has 0 saturated heterocycles. The van der Waals surface area contributed by atoms with Crippen LogP contribution in [0.5, 0.6) is 0 Å². The smallest absolute Gasteiger partial charge is 0.0308 e. The molecule has 0 spiro atoms. The van der Waals surface area contributed by atoms with Gasteiger partial charge in [-0.3, -0.25) is 0 Å². The van der Waals surface area contributed by atoms with Crippen LogP contribution >= 0.6 is 0 Å². The Morgan fingerprint density at radius 1 is 1.44 bits per heavy atom. The second-order valence-corrected chi connectivity index (χ2v) is 2.27. The number of hydrogen-bond donors (Lipinski definition) is 0. The molecule has 0 heterocycles. The molecule has 0 bridgehead atoms. The van der Waals surface area contributed by atoms with Gasteiger partial charge in [-0.1, -0.05) is 32.1 Å². The monoisotopic (exact) mass is 124 g/mol. The Bertz CT molecular complexity index is 118. The molecule has 0 amide bonds. The van der Waals surface area contributed by atoms with E-state index in [2.05, 4.69) is 33.4 Å². The molecule has 0 nitrogen and oxygen atoms in total. The Labute approximate surface area is 58.3 Å². The molecule has 0 radical (unpaired) electrons. The van der Waals surface area contributed by atoms with E-state index in [4.69, 9.17) is 0 Å². The average molecular weight is 124 g/mol. The summed E-state index contributed by atoms with van der Waals surface area (Å²) in [4.78, 5) is 0. The molecule has 0 aromatic carbocycles. The lowest BCUT2D eigenvalue weighted by atomic mass is 10.1. The molecule has 52 valence electrons. The van der Waals surface area contributed by atoms with Gasteiger partial charge in [0.15, 0.2) is 0 Å². The summed E-state index contributed by atoms with van der Waals surface area (Å²) < 4.78 is 0. The van der Waals surface area contributed by atoms with Crippen molar-refractivity contribution in [3.63, 3.8) is 0 Å². The maximum atomic E-state index is 3.88. The summed E-state index contributed by atoms with van der Waals surface area (Å²) in [5, 5.41) is 0. The highest BCUT2D eigenvalue weighted by Crippen LogP contribution is 2.10. The summed E-state index contributed by atoms with van der Waals surface area (Å²) >= 11 is 0. The lowest BCUT2D eigenvalue weighted by Crippen LogP contribution is -1.79. The van der Waals surface area contributed by atoms with Gasteiger partial charge >= 0.3 is 0 Å². The molecular formula is C9H16. The molecule has 0 N–H and O–H groups in total. The van der Waals surface area contributed by atoms with E-state index in [9.17, 15) is 0 Å². The fourth-order valence-corrected chi connectivity index (χ4v) is 0.867. The molecule has 0 saturated carbocycles. The van der Waals surface area contributed by atoms with E-state index in [0.717, 1.165) is 12.8 Å². The minimum absolute atomic E-state index is 1.11. The standard InChI is InChI=1S/C9H16/c1-5-7-9(6-2)8(3)4/h7H,3,5-6H2,1-2,4H3/b9-7-. The third kappa shape index (κ3) is 3.12. The molecular weight excluding hydrogens is 108 g/mol. The molecule has 9 heavy (non-hydrogen) atoms. The number of rotatable bonds is 3. The second kappa shape index (κ2) is 4.37. The topological polar surface area (TPSA) is 0 Å². The Morgan fingerprint density at radius 3 is 2.11 bits per heavy atom. The van der Waals surface area contributed by atoms with Crippen LogP contribution in [0, 0.1) is 0 Å². The first-order valence-electron chi connectivity index (χ1n) is 3.57. The van der Waals surface area contributed by atoms with Crippen LogP contribution in [0.1, 0.15) is 33.6 Å². The normalized spacial score (nSPS) is 11.7. The zero-order chi connectivity index (χ0) is 7.28. The largest absolute Gasteiger partial charge is 0.0958 e. The fourth-order valence-electron chi connectivity index (χ4n) is 0.867. The molecule has 0 aromatic heterocycles. The van der Waals surface area contributed by atoms with Gasteiger partial charge in [0.2, 0.25) is 0 Å². The van der Waals surface area contributed by atoms with Crippen molar-refractivity contribution in [3.05, 3.63) is 23.8 Å². The summed E-state index contributed by atoms with van der Waals surface area (Å²) in [6, 6.07) is 0. The molecule has 0 aromatic rings. The van der Waals surface area contributed by atoms with Gasteiger partial charge in [0.1, 0.15) is 0 Å². The molecule has 0 aliphatic heterocycles. The second-order valence-electron chi connectivity index (χ2n) is 2.27. The van der Waals surface area contributed by atoms with Gasteiger partial charge < -0.3 is 0 Å². The molecule has 0 heteroatoms. The molecule has 0 fully saturated rings. The first-order valence-corrected chi connectivity index (χ1v) is 3.57. The van der Waals surface area contributed by atoms with Crippen molar-refractivity contribution in [1.82, 2.24) is 0 Å². The Hall–Kier alpha value is -0.520. The lowest BCUT2D eigenvalue weighted by molar-refractivity contribution is 1.07. The van der Waals surface area contributed by atoms with Crippen molar-refractivity contribution in [2.75, 3.05) is 0 Å². The average Bonchev–Trinajstić information content (AvgIpc) is 1.82. The van der Waals surface area contributed by atoms with Gasteiger partial charge in [0, 0.05) is 0 Å². The predicted octanol–water partition coefficient (Wildman–Crippen LogP) is 3.31. The van der Waals surface area contributed by atoms with Crippen molar-refractivity contribution in [3.8, 4) is 0 Å².